The fourth-order valence-corrected chi connectivity index (χ4v) is 1.74. The van der Waals surface area contributed by atoms with Gasteiger partial charge >= 0.3 is 0 Å². The van der Waals surface area contributed by atoms with Crippen LogP contribution >= 0.6 is 15.9 Å². The maximum atomic E-state index is 13.1. The van der Waals surface area contributed by atoms with E-state index in [0.717, 1.165) is 0 Å². The van der Waals surface area contributed by atoms with E-state index >= 15 is 0 Å². The monoisotopic (exact) mass is 303 g/mol. The van der Waals surface area contributed by atoms with Crippen LogP contribution in [0.2, 0.25) is 0 Å². The molecule has 94 valence electrons. The van der Waals surface area contributed by atoms with Crippen molar-refractivity contribution in [2.75, 3.05) is 6.61 Å². The summed E-state index contributed by atoms with van der Waals surface area (Å²) < 4.78 is 13.6. The Morgan fingerprint density at radius 1 is 1.47 bits per heavy atom. The molecule has 0 fully saturated rings. The lowest BCUT2D eigenvalue weighted by Gasteiger charge is -2.19. The van der Waals surface area contributed by atoms with Gasteiger partial charge < -0.3 is 10.4 Å². The number of aliphatic hydroxyl groups excluding tert-OH is 1. The number of carbonyl (C=O) groups is 1. The summed E-state index contributed by atoms with van der Waals surface area (Å²) in [4.78, 5) is 11.8. The zero-order valence-corrected chi connectivity index (χ0v) is 11.3. The summed E-state index contributed by atoms with van der Waals surface area (Å²) in [5, 5.41) is 11.7. The number of carbonyl (C=O) groups excluding carboxylic acids is 1. The summed E-state index contributed by atoms with van der Waals surface area (Å²) >= 11 is 3.13. The second-order valence-corrected chi connectivity index (χ2v) is 5.00. The van der Waals surface area contributed by atoms with Crippen molar-refractivity contribution >= 4 is 21.8 Å². The zero-order chi connectivity index (χ0) is 13.0. The van der Waals surface area contributed by atoms with Crippen LogP contribution in [0.25, 0.3) is 0 Å². The molecule has 2 unspecified atom stereocenters. The van der Waals surface area contributed by atoms with Crippen molar-refractivity contribution in [3.05, 3.63) is 34.1 Å². The molecule has 0 radical (unpaired) electrons. The number of amides is 1. The highest BCUT2D eigenvalue weighted by Gasteiger charge is 2.15. The Balaban J connectivity index is 2.76. The first-order valence-electron chi connectivity index (χ1n) is 5.32. The summed E-state index contributed by atoms with van der Waals surface area (Å²) in [7, 11) is 0. The lowest BCUT2D eigenvalue weighted by molar-refractivity contribution is 0.0915. The van der Waals surface area contributed by atoms with E-state index in [-0.39, 0.29) is 30.0 Å². The van der Waals surface area contributed by atoms with Gasteiger partial charge in [0.25, 0.3) is 5.91 Å². The molecule has 0 saturated heterocycles. The smallest absolute Gasteiger partial charge is 0.251 e. The minimum absolute atomic E-state index is 0.00566. The lowest BCUT2D eigenvalue weighted by Crippen LogP contribution is -2.38. The molecule has 0 aliphatic carbocycles. The minimum Gasteiger partial charge on any atom is -0.396 e. The minimum atomic E-state index is -0.465. The van der Waals surface area contributed by atoms with Gasteiger partial charge in [-0.2, -0.15) is 0 Å². The van der Waals surface area contributed by atoms with Gasteiger partial charge in [-0.25, -0.2) is 4.39 Å². The third-order valence-corrected chi connectivity index (χ3v) is 3.08. The van der Waals surface area contributed by atoms with Crippen LogP contribution in [0.4, 0.5) is 4.39 Å². The van der Waals surface area contributed by atoms with Crippen molar-refractivity contribution in [2.24, 2.45) is 5.92 Å². The Kier molecular flexibility index (Phi) is 5.08. The van der Waals surface area contributed by atoms with Gasteiger partial charge in [0.1, 0.15) is 5.82 Å². The van der Waals surface area contributed by atoms with Gasteiger partial charge in [-0.15, -0.1) is 0 Å². The van der Waals surface area contributed by atoms with Crippen LogP contribution in [0.5, 0.6) is 0 Å². The summed E-state index contributed by atoms with van der Waals surface area (Å²) in [5.41, 5.74) is 0.258. The first-order chi connectivity index (χ1) is 7.93. The Labute approximate surface area is 108 Å². The highest BCUT2D eigenvalue weighted by molar-refractivity contribution is 9.10. The fraction of sp³-hybridized carbons (Fsp3) is 0.417. The normalized spacial score (nSPS) is 14.2. The zero-order valence-electron chi connectivity index (χ0n) is 9.71. The van der Waals surface area contributed by atoms with Crippen LogP contribution in [-0.4, -0.2) is 23.7 Å². The predicted molar refractivity (Wildman–Crippen MR) is 67.3 cm³/mol. The number of benzene rings is 1. The van der Waals surface area contributed by atoms with Gasteiger partial charge in [0, 0.05) is 22.7 Å². The van der Waals surface area contributed by atoms with Gasteiger partial charge in [-0.1, -0.05) is 22.9 Å². The van der Waals surface area contributed by atoms with Gasteiger partial charge in [0.15, 0.2) is 0 Å². The number of aliphatic hydroxyl groups is 1. The molecule has 0 bridgehead atoms. The van der Waals surface area contributed by atoms with Crippen LogP contribution in [-0.2, 0) is 0 Å². The average Bonchev–Trinajstić information content (AvgIpc) is 2.26. The first kappa shape index (κ1) is 14.1. The van der Waals surface area contributed by atoms with Crippen molar-refractivity contribution in [1.82, 2.24) is 5.32 Å². The van der Waals surface area contributed by atoms with E-state index in [1.807, 2.05) is 6.92 Å². The molecule has 1 aromatic rings. The summed E-state index contributed by atoms with van der Waals surface area (Å²) in [6.07, 6.45) is 0. The van der Waals surface area contributed by atoms with Gasteiger partial charge in [-0.3, -0.25) is 4.79 Å². The molecule has 0 spiro atoms. The lowest BCUT2D eigenvalue weighted by atomic mass is 10.0. The molecule has 2 N–H and O–H groups in total. The maximum Gasteiger partial charge on any atom is 0.251 e. The highest BCUT2D eigenvalue weighted by atomic mass is 79.9. The van der Waals surface area contributed by atoms with E-state index in [1.54, 1.807) is 13.0 Å². The van der Waals surface area contributed by atoms with Crippen LogP contribution in [0.3, 0.4) is 0 Å². The van der Waals surface area contributed by atoms with E-state index in [4.69, 9.17) is 5.11 Å². The van der Waals surface area contributed by atoms with Gasteiger partial charge in [0.2, 0.25) is 0 Å². The second kappa shape index (κ2) is 6.12. The van der Waals surface area contributed by atoms with Crippen LogP contribution in [0.1, 0.15) is 24.2 Å². The third kappa shape index (κ3) is 4.09. The number of rotatable bonds is 4. The molecule has 0 aromatic heterocycles. The van der Waals surface area contributed by atoms with Crippen molar-refractivity contribution in [3.63, 3.8) is 0 Å². The molecular weight excluding hydrogens is 289 g/mol. The van der Waals surface area contributed by atoms with Crippen molar-refractivity contribution < 1.29 is 14.3 Å². The van der Waals surface area contributed by atoms with Crippen molar-refractivity contribution in [1.29, 1.82) is 0 Å². The fourth-order valence-electron chi connectivity index (χ4n) is 1.28. The number of hydrogen-bond acceptors (Lipinski definition) is 2. The van der Waals surface area contributed by atoms with Crippen LogP contribution in [0, 0.1) is 11.7 Å². The Morgan fingerprint density at radius 3 is 2.65 bits per heavy atom. The first-order valence-corrected chi connectivity index (χ1v) is 6.11. The topological polar surface area (TPSA) is 49.3 Å². The van der Waals surface area contributed by atoms with Gasteiger partial charge in [0.05, 0.1) is 0 Å². The van der Waals surface area contributed by atoms with E-state index < -0.39 is 5.82 Å². The maximum absolute atomic E-state index is 13.1. The molecule has 1 amide bonds. The highest BCUT2D eigenvalue weighted by Crippen LogP contribution is 2.15. The summed E-state index contributed by atoms with van der Waals surface area (Å²) in [5.74, 6) is -0.860. The standard InChI is InChI=1S/C12H15BrFNO2/c1-7(6-16)8(2)15-12(17)9-3-10(13)5-11(14)4-9/h3-5,7-8,16H,6H2,1-2H3,(H,15,17). The summed E-state index contributed by atoms with van der Waals surface area (Å²) in [6, 6.07) is 3.84. The Bertz CT molecular complexity index is 391. The Hall–Kier alpha value is -0.940. The van der Waals surface area contributed by atoms with Crippen molar-refractivity contribution in [2.45, 2.75) is 19.9 Å². The van der Waals surface area contributed by atoms with Gasteiger partial charge in [-0.05, 0) is 31.0 Å². The van der Waals surface area contributed by atoms with E-state index in [1.165, 1.54) is 12.1 Å². The molecule has 0 aliphatic heterocycles. The third-order valence-electron chi connectivity index (χ3n) is 2.63. The molecule has 0 aliphatic rings. The Morgan fingerprint density at radius 2 is 2.12 bits per heavy atom. The number of halogens is 2. The van der Waals surface area contributed by atoms with Crippen molar-refractivity contribution in [3.8, 4) is 0 Å². The molecule has 1 rings (SSSR count). The second-order valence-electron chi connectivity index (χ2n) is 4.08. The molecule has 17 heavy (non-hydrogen) atoms. The molecule has 1 aromatic carbocycles. The van der Waals surface area contributed by atoms with E-state index in [9.17, 15) is 9.18 Å². The van der Waals surface area contributed by atoms with Crippen LogP contribution < -0.4 is 5.32 Å². The summed E-state index contributed by atoms with van der Waals surface area (Å²) in [6.45, 7) is 3.62. The number of hydrogen-bond donors (Lipinski definition) is 2. The molecule has 3 nitrogen and oxygen atoms in total. The predicted octanol–water partition coefficient (Wildman–Crippen LogP) is 2.33. The molecular formula is C12H15BrFNO2. The largest absolute Gasteiger partial charge is 0.396 e. The van der Waals surface area contributed by atoms with Crippen LogP contribution in [0.15, 0.2) is 22.7 Å². The quantitative estimate of drug-likeness (QED) is 0.897. The molecule has 0 saturated carbocycles. The van der Waals surface area contributed by atoms with E-state index in [2.05, 4.69) is 21.2 Å². The molecule has 2 atom stereocenters. The molecule has 5 heteroatoms. The van der Waals surface area contributed by atoms with E-state index in [0.29, 0.717) is 4.47 Å². The average molecular weight is 304 g/mol. The SMILES string of the molecule is CC(CO)C(C)NC(=O)c1cc(F)cc(Br)c1. The molecule has 0 heterocycles. The number of nitrogens with one attached hydrogen (secondary N) is 1.